The second kappa shape index (κ2) is 8.02. The second-order valence-electron chi connectivity index (χ2n) is 8.36. The highest BCUT2D eigenvalue weighted by Gasteiger charge is 2.44. The Morgan fingerprint density at radius 2 is 2.06 bits per heavy atom. The molecule has 5 rings (SSSR count). The fourth-order valence-corrected chi connectivity index (χ4v) is 5.12. The predicted molar refractivity (Wildman–Crippen MR) is 128 cm³/mol. The summed E-state index contributed by atoms with van der Waals surface area (Å²) >= 11 is 16.7. The van der Waals surface area contributed by atoms with E-state index in [0.717, 1.165) is 24.1 Å². The van der Waals surface area contributed by atoms with E-state index < -0.39 is 5.54 Å². The third-order valence-corrected chi connectivity index (χ3v) is 7.70. The highest BCUT2D eigenvalue weighted by atomic mass is 79.9. The number of nitrogens with one attached hydrogen (secondary N) is 1. The number of hydrogen-bond donors (Lipinski definition) is 3. The molecule has 5 N–H and O–H groups in total. The lowest BCUT2D eigenvalue weighted by Gasteiger charge is -2.28. The van der Waals surface area contributed by atoms with Crippen LogP contribution in [0, 0.1) is 0 Å². The molecule has 9 nitrogen and oxygen atoms in total. The van der Waals surface area contributed by atoms with Crippen LogP contribution in [0.1, 0.15) is 24.8 Å². The monoisotopic (exact) mass is 538 g/mol. The van der Waals surface area contributed by atoms with Gasteiger partial charge in [0.1, 0.15) is 17.4 Å². The van der Waals surface area contributed by atoms with Crippen LogP contribution in [0.3, 0.4) is 0 Å². The molecule has 1 saturated heterocycles. The van der Waals surface area contributed by atoms with Crippen LogP contribution in [0.2, 0.25) is 10.0 Å². The molecule has 1 atom stereocenters. The summed E-state index contributed by atoms with van der Waals surface area (Å²) in [6.45, 7) is 1.33. The molecule has 1 saturated carbocycles. The summed E-state index contributed by atoms with van der Waals surface area (Å²) in [6.07, 6.45) is 5.61. The van der Waals surface area contributed by atoms with Crippen molar-refractivity contribution in [3.63, 3.8) is 0 Å². The molecule has 2 aliphatic rings. The highest BCUT2D eigenvalue weighted by Crippen LogP contribution is 2.42. The van der Waals surface area contributed by atoms with E-state index in [4.69, 9.17) is 34.7 Å². The Bertz CT molecular complexity index is 1230. The fourth-order valence-electron chi connectivity index (χ4n) is 4.07. The number of rotatable bonds is 5. The first-order chi connectivity index (χ1) is 15.3. The Hall–Kier alpha value is -2.14. The summed E-state index contributed by atoms with van der Waals surface area (Å²) in [6, 6.07) is 1.95. The average molecular weight is 540 g/mol. The Balaban J connectivity index is 1.51. The van der Waals surface area contributed by atoms with Gasteiger partial charge in [0.2, 0.25) is 5.91 Å². The molecule has 2 aromatic heterocycles. The van der Waals surface area contributed by atoms with E-state index in [1.54, 1.807) is 12.4 Å². The average Bonchev–Trinajstić information content (AvgIpc) is 3.33. The van der Waals surface area contributed by atoms with Crippen molar-refractivity contribution in [1.82, 2.24) is 24.8 Å². The molecule has 1 amide bonds. The highest BCUT2D eigenvalue weighted by molar-refractivity contribution is 9.10. The van der Waals surface area contributed by atoms with E-state index in [1.165, 1.54) is 6.33 Å². The van der Waals surface area contributed by atoms with Crippen LogP contribution < -0.4 is 21.7 Å². The van der Waals surface area contributed by atoms with Crippen LogP contribution in [-0.4, -0.2) is 50.1 Å². The maximum atomic E-state index is 12.8. The standard InChI is InChI=1S/C20H21BrCl2N8O/c21-14-11(6-31-9-28-15-17(24)26-8-27-18(15)31)16(13(23)5-12(14)22)30-4-3-20(25,7-30)19(32)29-10-1-2-10/h5,8-10H,1-4,6-7,25H2,(H,29,32)(H2,24,26,27)/t20-/m1/s1. The molecule has 1 aliphatic heterocycles. The van der Waals surface area contributed by atoms with Gasteiger partial charge < -0.3 is 26.3 Å². The quantitative estimate of drug-likeness (QED) is 0.425. The molecule has 168 valence electrons. The normalized spacial score (nSPS) is 20.8. The number of aromatic nitrogens is 4. The lowest BCUT2D eigenvalue weighted by Crippen LogP contribution is -2.56. The molecule has 0 unspecified atom stereocenters. The lowest BCUT2D eigenvalue weighted by atomic mass is 9.99. The van der Waals surface area contributed by atoms with Crippen molar-refractivity contribution in [3.05, 3.63) is 38.8 Å². The van der Waals surface area contributed by atoms with Crippen molar-refractivity contribution in [2.75, 3.05) is 23.7 Å². The number of fused-ring (bicyclic) bond motifs is 1. The zero-order valence-electron chi connectivity index (χ0n) is 17.0. The minimum Gasteiger partial charge on any atom is -0.382 e. The van der Waals surface area contributed by atoms with Gasteiger partial charge in [-0.05, 0) is 41.3 Å². The van der Waals surface area contributed by atoms with Gasteiger partial charge in [0.15, 0.2) is 11.5 Å². The molecular formula is C20H21BrCl2N8O. The van der Waals surface area contributed by atoms with Crippen LogP contribution in [0.5, 0.6) is 0 Å². The number of hydrogen-bond acceptors (Lipinski definition) is 7. The number of nitrogen functional groups attached to an aromatic ring is 1. The number of nitrogens with zero attached hydrogens (tertiary/aromatic N) is 5. The second-order valence-corrected chi connectivity index (χ2v) is 9.97. The molecule has 0 spiro atoms. The smallest absolute Gasteiger partial charge is 0.242 e. The van der Waals surface area contributed by atoms with Crippen molar-refractivity contribution in [3.8, 4) is 0 Å². The molecule has 2 fully saturated rings. The van der Waals surface area contributed by atoms with E-state index in [-0.39, 0.29) is 11.9 Å². The number of carbonyl (C=O) groups is 1. The molecule has 0 bridgehead atoms. The first-order valence-electron chi connectivity index (χ1n) is 10.2. The van der Waals surface area contributed by atoms with E-state index in [1.807, 2.05) is 9.47 Å². The molecule has 3 heterocycles. The summed E-state index contributed by atoms with van der Waals surface area (Å²) in [5.41, 5.74) is 14.2. The largest absolute Gasteiger partial charge is 0.382 e. The van der Waals surface area contributed by atoms with Crippen molar-refractivity contribution < 1.29 is 4.79 Å². The fraction of sp³-hybridized carbons (Fsp3) is 0.400. The van der Waals surface area contributed by atoms with Crippen LogP contribution >= 0.6 is 39.1 Å². The first-order valence-corrected chi connectivity index (χ1v) is 11.7. The summed E-state index contributed by atoms with van der Waals surface area (Å²) < 4.78 is 2.56. The van der Waals surface area contributed by atoms with Gasteiger partial charge in [-0.3, -0.25) is 4.79 Å². The van der Waals surface area contributed by atoms with Crippen LogP contribution in [-0.2, 0) is 11.3 Å². The number of halogens is 3. The van der Waals surface area contributed by atoms with Gasteiger partial charge in [0, 0.05) is 29.2 Å². The Kier molecular flexibility index (Phi) is 5.43. The molecule has 0 radical (unpaired) electrons. The van der Waals surface area contributed by atoms with Gasteiger partial charge in [-0.1, -0.05) is 23.2 Å². The van der Waals surface area contributed by atoms with E-state index in [9.17, 15) is 4.79 Å². The third-order valence-electron chi connectivity index (χ3n) is 5.98. The Labute approximate surface area is 202 Å². The van der Waals surface area contributed by atoms with Crippen molar-refractivity contribution in [1.29, 1.82) is 0 Å². The number of anilines is 2. The number of amides is 1. The molecule has 32 heavy (non-hydrogen) atoms. The van der Waals surface area contributed by atoms with Gasteiger partial charge in [-0.25, -0.2) is 15.0 Å². The van der Waals surface area contributed by atoms with Crippen molar-refractivity contribution in [2.24, 2.45) is 5.73 Å². The molecule has 1 aromatic carbocycles. The molecule has 12 heteroatoms. The minimum absolute atomic E-state index is 0.110. The molecule has 1 aliphatic carbocycles. The molecule has 3 aromatic rings. The van der Waals surface area contributed by atoms with Crippen LogP contribution in [0.4, 0.5) is 11.5 Å². The van der Waals surface area contributed by atoms with Gasteiger partial charge in [0.25, 0.3) is 0 Å². The number of imidazole rings is 1. The van der Waals surface area contributed by atoms with Gasteiger partial charge >= 0.3 is 0 Å². The van der Waals surface area contributed by atoms with Crippen LogP contribution in [0.25, 0.3) is 11.2 Å². The van der Waals surface area contributed by atoms with Gasteiger partial charge in [0.05, 0.1) is 28.6 Å². The van der Waals surface area contributed by atoms with Crippen molar-refractivity contribution in [2.45, 2.75) is 37.4 Å². The first kappa shape index (κ1) is 21.7. The zero-order valence-corrected chi connectivity index (χ0v) is 20.1. The number of benzene rings is 1. The Morgan fingerprint density at radius 3 is 2.81 bits per heavy atom. The maximum Gasteiger partial charge on any atom is 0.242 e. The minimum atomic E-state index is -0.974. The summed E-state index contributed by atoms with van der Waals surface area (Å²) in [7, 11) is 0. The van der Waals surface area contributed by atoms with Crippen LogP contribution in [0.15, 0.2) is 23.2 Å². The lowest BCUT2D eigenvalue weighted by molar-refractivity contribution is -0.125. The van der Waals surface area contributed by atoms with Gasteiger partial charge in [-0.2, -0.15) is 0 Å². The van der Waals surface area contributed by atoms with E-state index >= 15 is 0 Å². The zero-order chi connectivity index (χ0) is 22.6. The topological polar surface area (TPSA) is 128 Å². The summed E-state index contributed by atoms with van der Waals surface area (Å²) in [4.78, 5) is 27.5. The van der Waals surface area contributed by atoms with Gasteiger partial charge in [-0.15, -0.1) is 0 Å². The van der Waals surface area contributed by atoms with Crippen molar-refractivity contribution >= 4 is 67.7 Å². The number of carbonyl (C=O) groups excluding carboxylic acids is 1. The predicted octanol–water partition coefficient (Wildman–Crippen LogP) is 2.71. The van der Waals surface area contributed by atoms with E-state index in [0.29, 0.717) is 57.6 Å². The van der Waals surface area contributed by atoms with E-state index in [2.05, 4.69) is 36.2 Å². The Morgan fingerprint density at radius 1 is 1.28 bits per heavy atom. The third kappa shape index (κ3) is 3.79. The SMILES string of the molecule is Nc1ncnc2c1ncn2Cc1c(Br)c(Cl)cc(Cl)c1N1CC[C@](N)(C(=O)NC2CC2)C1. The number of nitrogens with two attached hydrogens (primary N) is 2. The summed E-state index contributed by atoms with van der Waals surface area (Å²) in [5.74, 6) is 0.201. The maximum absolute atomic E-state index is 12.8. The summed E-state index contributed by atoms with van der Waals surface area (Å²) in [5, 5.41) is 4.00. The molecular weight excluding hydrogens is 519 g/mol.